The summed E-state index contributed by atoms with van der Waals surface area (Å²) in [5.41, 5.74) is 2.72. The number of azo groups is 1. The molecule has 0 bridgehead atoms. The van der Waals surface area contributed by atoms with Gasteiger partial charge in [-0.05, 0) is 55.5 Å². The van der Waals surface area contributed by atoms with Gasteiger partial charge in [-0.1, -0.05) is 0 Å². The molecule has 156 valence electrons. The van der Waals surface area contributed by atoms with Crippen LogP contribution in [0.2, 0.25) is 0 Å². The van der Waals surface area contributed by atoms with Crippen LogP contribution in [0.1, 0.15) is 17.3 Å². The average Bonchev–Trinajstić information content (AvgIpc) is 3.37. The van der Waals surface area contributed by atoms with Crippen LogP contribution in [0.5, 0.6) is 5.75 Å². The minimum Gasteiger partial charge on any atom is -0.497 e. The highest BCUT2D eigenvalue weighted by Crippen LogP contribution is 2.31. The van der Waals surface area contributed by atoms with Gasteiger partial charge in [-0.2, -0.15) is 20.3 Å². The van der Waals surface area contributed by atoms with Gasteiger partial charge in [0.05, 0.1) is 29.8 Å². The number of hydrogen-bond acceptors (Lipinski definition) is 8. The maximum absolute atomic E-state index is 12.8. The molecular formula is C21H17N5O4S. The van der Waals surface area contributed by atoms with E-state index < -0.39 is 12.0 Å². The van der Waals surface area contributed by atoms with E-state index in [1.807, 2.05) is 29.6 Å². The summed E-state index contributed by atoms with van der Waals surface area (Å²) in [6.45, 7) is 1.70. The van der Waals surface area contributed by atoms with Gasteiger partial charge in [0, 0.05) is 10.9 Å². The van der Waals surface area contributed by atoms with Crippen molar-refractivity contribution in [2.45, 2.75) is 13.0 Å². The van der Waals surface area contributed by atoms with Crippen LogP contribution in [-0.2, 0) is 4.79 Å². The Morgan fingerprint density at radius 1 is 1.16 bits per heavy atom. The maximum atomic E-state index is 12.8. The van der Waals surface area contributed by atoms with E-state index in [1.54, 1.807) is 14.0 Å². The molecule has 1 aliphatic heterocycles. The number of carbonyl (C=O) groups is 2. The van der Waals surface area contributed by atoms with Crippen LogP contribution in [0.25, 0.3) is 11.3 Å². The van der Waals surface area contributed by atoms with Crippen molar-refractivity contribution < 1.29 is 19.4 Å². The molecule has 1 amide bonds. The van der Waals surface area contributed by atoms with Crippen LogP contribution in [-0.4, -0.2) is 40.8 Å². The zero-order valence-corrected chi connectivity index (χ0v) is 17.4. The molecule has 10 heteroatoms. The molecule has 3 aromatic rings. The molecule has 0 spiro atoms. The summed E-state index contributed by atoms with van der Waals surface area (Å²) < 4.78 is 5.17. The number of amides is 1. The highest BCUT2D eigenvalue weighted by Gasteiger charge is 2.36. The first-order valence-corrected chi connectivity index (χ1v) is 10.1. The molecule has 4 rings (SSSR count). The summed E-state index contributed by atoms with van der Waals surface area (Å²) in [4.78, 5) is 28.3. The first-order valence-electron chi connectivity index (χ1n) is 9.19. The van der Waals surface area contributed by atoms with Gasteiger partial charge in [-0.15, -0.1) is 11.3 Å². The highest BCUT2D eigenvalue weighted by molar-refractivity contribution is 7.14. The Balaban J connectivity index is 1.50. The van der Waals surface area contributed by atoms with E-state index in [1.165, 1.54) is 40.6 Å². The maximum Gasteiger partial charge on any atom is 0.335 e. The predicted molar refractivity (Wildman–Crippen MR) is 116 cm³/mol. The molecular weight excluding hydrogens is 418 g/mol. The van der Waals surface area contributed by atoms with Gasteiger partial charge in [0.1, 0.15) is 5.75 Å². The molecule has 0 saturated heterocycles. The van der Waals surface area contributed by atoms with Gasteiger partial charge in [-0.3, -0.25) is 4.79 Å². The first-order chi connectivity index (χ1) is 15.0. The number of thiazole rings is 1. The number of carboxylic acids is 1. The van der Waals surface area contributed by atoms with E-state index in [0.29, 0.717) is 16.5 Å². The first kappa shape index (κ1) is 20.4. The molecule has 1 atom stereocenters. The zero-order valence-electron chi connectivity index (χ0n) is 16.6. The number of aromatic nitrogens is 1. The lowest BCUT2D eigenvalue weighted by Crippen LogP contribution is -2.29. The third-order valence-corrected chi connectivity index (χ3v) is 5.37. The van der Waals surface area contributed by atoms with E-state index in [-0.39, 0.29) is 11.5 Å². The molecule has 31 heavy (non-hydrogen) atoms. The fourth-order valence-electron chi connectivity index (χ4n) is 2.88. The zero-order chi connectivity index (χ0) is 22.0. The summed E-state index contributed by atoms with van der Waals surface area (Å²) in [5.74, 6) is -0.621. The van der Waals surface area contributed by atoms with E-state index >= 15 is 0 Å². The quantitative estimate of drug-likeness (QED) is 0.576. The number of ether oxygens (including phenoxy) is 1. The van der Waals surface area contributed by atoms with Gasteiger partial charge in [0.25, 0.3) is 5.91 Å². The predicted octanol–water partition coefficient (Wildman–Crippen LogP) is 4.39. The van der Waals surface area contributed by atoms with Crippen LogP contribution in [0, 0.1) is 0 Å². The summed E-state index contributed by atoms with van der Waals surface area (Å²) in [6.07, 6.45) is 0. The van der Waals surface area contributed by atoms with E-state index in [0.717, 1.165) is 17.0 Å². The molecule has 2 aromatic carbocycles. The lowest BCUT2D eigenvalue weighted by molar-refractivity contribution is -0.117. The third-order valence-electron chi connectivity index (χ3n) is 4.56. The molecule has 0 aliphatic carbocycles. The summed E-state index contributed by atoms with van der Waals surface area (Å²) >= 11 is 1.31. The van der Waals surface area contributed by atoms with Crippen molar-refractivity contribution in [3.63, 3.8) is 0 Å². The molecule has 0 fully saturated rings. The fraction of sp³-hybridized carbons (Fsp3) is 0.143. The number of aromatic carboxylic acids is 1. The van der Waals surface area contributed by atoms with Crippen molar-refractivity contribution in [2.75, 3.05) is 12.1 Å². The molecule has 1 aromatic heterocycles. The van der Waals surface area contributed by atoms with E-state index in [9.17, 15) is 9.59 Å². The van der Waals surface area contributed by atoms with Crippen molar-refractivity contribution in [3.8, 4) is 17.0 Å². The van der Waals surface area contributed by atoms with Gasteiger partial charge in [-0.25, -0.2) is 9.78 Å². The SMILES string of the molecule is COc1ccc(-c2csc(N3N=C(C)C(N=Nc4ccc(C(=O)O)cc4)C3=O)n2)cc1. The average molecular weight is 435 g/mol. The van der Waals surface area contributed by atoms with Crippen LogP contribution in [0.3, 0.4) is 0 Å². The minimum absolute atomic E-state index is 0.149. The summed E-state index contributed by atoms with van der Waals surface area (Å²) in [7, 11) is 1.61. The minimum atomic E-state index is -1.02. The molecule has 9 nitrogen and oxygen atoms in total. The summed E-state index contributed by atoms with van der Waals surface area (Å²) in [5, 5.41) is 25.0. The van der Waals surface area contributed by atoms with E-state index in [2.05, 4.69) is 20.3 Å². The normalized spacial score (nSPS) is 16.1. The number of methoxy groups -OCH3 is 1. The smallest absolute Gasteiger partial charge is 0.335 e. The number of hydrogen-bond donors (Lipinski definition) is 1. The van der Waals surface area contributed by atoms with Crippen molar-refractivity contribution in [3.05, 3.63) is 59.5 Å². The van der Waals surface area contributed by atoms with Gasteiger partial charge >= 0.3 is 5.97 Å². The van der Waals surface area contributed by atoms with Gasteiger partial charge in [0.2, 0.25) is 5.13 Å². The van der Waals surface area contributed by atoms with Gasteiger partial charge in [0.15, 0.2) is 6.04 Å². The second kappa shape index (κ2) is 8.44. The lowest BCUT2D eigenvalue weighted by atomic mass is 10.2. The Morgan fingerprint density at radius 2 is 1.87 bits per heavy atom. The number of hydrazone groups is 1. The molecule has 1 unspecified atom stereocenters. The second-order valence-corrected chi connectivity index (χ2v) is 7.44. The summed E-state index contributed by atoms with van der Waals surface area (Å²) in [6, 6.07) is 12.5. The monoisotopic (exact) mass is 435 g/mol. The number of benzene rings is 2. The number of anilines is 1. The van der Waals surface area contributed by atoms with Crippen molar-refractivity contribution in [2.24, 2.45) is 15.3 Å². The Morgan fingerprint density at radius 3 is 2.52 bits per heavy atom. The molecule has 1 aliphatic rings. The molecule has 2 heterocycles. The number of carbonyl (C=O) groups excluding carboxylic acids is 1. The fourth-order valence-corrected chi connectivity index (χ4v) is 3.66. The Bertz CT molecular complexity index is 1190. The molecule has 1 N–H and O–H groups in total. The van der Waals surface area contributed by atoms with Crippen molar-refractivity contribution in [1.82, 2.24) is 4.98 Å². The highest BCUT2D eigenvalue weighted by atomic mass is 32.1. The van der Waals surface area contributed by atoms with Crippen LogP contribution in [0.4, 0.5) is 10.8 Å². The Kier molecular flexibility index (Phi) is 5.54. The Labute approximate surface area is 181 Å². The lowest BCUT2D eigenvalue weighted by Gasteiger charge is -2.08. The van der Waals surface area contributed by atoms with Gasteiger partial charge < -0.3 is 9.84 Å². The van der Waals surface area contributed by atoms with Crippen LogP contribution < -0.4 is 9.75 Å². The number of nitrogens with zero attached hydrogens (tertiary/aromatic N) is 5. The van der Waals surface area contributed by atoms with Crippen molar-refractivity contribution >= 4 is 39.7 Å². The number of carboxylic acid groups (broad SMARTS) is 1. The molecule has 0 saturated carbocycles. The van der Waals surface area contributed by atoms with Crippen molar-refractivity contribution in [1.29, 1.82) is 0 Å². The standard InChI is InChI=1S/C21H17N5O4S/c1-12-18(24-23-15-7-3-14(4-8-15)20(28)29)19(27)26(25-12)21-22-17(11-31-21)13-5-9-16(30-2)10-6-13/h3-11,18H,1-2H3,(H,28,29). The largest absolute Gasteiger partial charge is 0.497 e. The molecule has 0 radical (unpaired) electrons. The van der Waals surface area contributed by atoms with E-state index in [4.69, 9.17) is 9.84 Å². The second-order valence-electron chi connectivity index (χ2n) is 6.61. The Hall–Kier alpha value is -3.92. The third kappa shape index (κ3) is 4.19. The number of rotatable bonds is 6. The van der Waals surface area contributed by atoms with Crippen LogP contribution in [0.15, 0.2) is 69.2 Å². The van der Waals surface area contributed by atoms with Crippen LogP contribution >= 0.6 is 11.3 Å². The topological polar surface area (TPSA) is 117 Å².